The van der Waals surface area contributed by atoms with Crippen LogP contribution in [-0.4, -0.2) is 57.6 Å². The number of pyridine rings is 1. The van der Waals surface area contributed by atoms with Gasteiger partial charge in [-0.25, -0.2) is 14.6 Å². The minimum Gasteiger partial charge on any atom is -0.427 e. The molecule has 0 radical (unpaired) electrons. The fraction of sp³-hybridized carbons (Fsp3) is 0.643. The Balaban J connectivity index is 1.31. The zero-order valence-corrected chi connectivity index (χ0v) is 33.0. The highest BCUT2D eigenvalue weighted by molar-refractivity contribution is 8.76. The Bertz CT molecular complexity index is 1750. The Morgan fingerprint density at radius 1 is 1.17 bits per heavy atom. The number of allylic oxidation sites excluding steroid dienone is 5. The van der Waals surface area contributed by atoms with Gasteiger partial charge in [-0.3, -0.25) is 0 Å². The molecule has 2 saturated carbocycles. The van der Waals surface area contributed by atoms with Gasteiger partial charge in [0.05, 0.1) is 28.3 Å². The van der Waals surface area contributed by atoms with Crippen LogP contribution in [0, 0.1) is 34.5 Å². The van der Waals surface area contributed by atoms with E-state index in [0.29, 0.717) is 37.4 Å². The van der Waals surface area contributed by atoms with Crippen LogP contribution in [0.25, 0.3) is 0 Å². The summed E-state index contributed by atoms with van der Waals surface area (Å²) in [6, 6.07) is 4.17. The predicted octanol–water partition coefficient (Wildman–Crippen LogP) is 7.91. The summed E-state index contributed by atoms with van der Waals surface area (Å²) in [4.78, 5) is 33.6. The number of cyclic esters (lactones) is 1. The number of nitrogens with one attached hydrogen (secondary N) is 2. The molecule has 9 rings (SSSR count). The molecule has 3 aliphatic heterocycles. The number of aliphatic hydroxyl groups is 2. The first-order chi connectivity index (χ1) is 25.7. The number of aliphatic hydroxyl groups excluding tert-OH is 2. The first-order valence-corrected chi connectivity index (χ1v) is 22.4. The fourth-order valence-corrected chi connectivity index (χ4v) is 13.6. The molecule has 9 nitrogen and oxygen atoms in total. The summed E-state index contributed by atoms with van der Waals surface area (Å²) < 4.78 is 12.8. The number of hydrogen-bond acceptors (Lipinski definition) is 11. The van der Waals surface area contributed by atoms with Gasteiger partial charge in [-0.2, -0.15) is 0 Å². The molecular weight excluding hydrogens is 707 g/mol. The summed E-state index contributed by atoms with van der Waals surface area (Å²) in [6.45, 7) is 6.78. The lowest BCUT2D eigenvalue weighted by Crippen LogP contribution is -2.53. The first-order valence-electron chi connectivity index (χ1n) is 20.1. The molecule has 4 heterocycles. The lowest BCUT2D eigenvalue weighted by atomic mass is 9.43. The molecule has 4 N–H and O–H groups in total. The van der Waals surface area contributed by atoms with E-state index in [1.807, 2.05) is 6.20 Å². The van der Waals surface area contributed by atoms with E-state index in [9.17, 15) is 19.8 Å². The van der Waals surface area contributed by atoms with Crippen LogP contribution in [-0.2, 0) is 19.1 Å². The Morgan fingerprint density at radius 2 is 2.00 bits per heavy atom. The summed E-state index contributed by atoms with van der Waals surface area (Å²) in [7, 11) is 3.44. The molecule has 8 aliphatic rings. The summed E-state index contributed by atoms with van der Waals surface area (Å²) in [5, 5.41) is 27.4. The number of hydrogen-bond donors (Lipinski definition) is 4. The average molecular weight is 762 g/mol. The Morgan fingerprint density at radius 3 is 2.77 bits per heavy atom. The summed E-state index contributed by atoms with van der Waals surface area (Å²) in [5.74, 6) is 2.52. The molecule has 3 fully saturated rings. The van der Waals surface area contributed by atoms with Crippen LogP contribution in [0.3, 0.4) is 0 Å². The second-order valence-corrected chi connectivity index (χ2v) is 19.1. The molecule has 286 valence electrons. The zero-order valence-electron chi connectivity index (χ0n) is 31.3. The second kappa shape index (κ2) is 15.2. The van der Waals surface area contributed by atoms with Crippen LogP contribution >= 0.6 is 21.6 Å². The largest absolute Gasteiger partial charge is 0.427 e. The number of rotatable bonds is 8. The molecular formula is C42H55N3O6S2. The molecule has 1 saturated heterocycles. The van der Waals surface area contributed by atoms with Crippen molar-refractivity contribution in [3.63, 3.8) is 0 Å². The summed E-state index contributed by atoms with van der Waals surface area (Å²) in [6.07, 6.45) is 16.9. The molecule has 7 bridgehead atoms. The first kappa shape index (κ1) is 37.4. The minimum atomic E-state index is -0.760. The molecule has 1 aromatic rings. The third-order valence-electron chi connectivity index (χ3n) is 13.6. The maximum atomic E-state index is 14.6. The number of esters is 2. The van der Waals surface area contributed by atoms with Gasteiger partial charge in [0, 0.05) is 42.3 Å². The van der Waals surface area contributed by atoms with Crippen molar-refractivity contribution < 1.29 is 29.3 Å². The predicted molar refractivity (Wildman–Crippen MR) is 209 cm³/mol. The van der Waals surface area contributed by atoms with Gasteiger partial charge in [-0.15, -0.1) is 0 Å². The topological polar surface area (TPSA) is 130 Å². The zero-order chi connectivity index (χ0) is 36.9. The second-order valence-electron chi connectivity index (χ2n) is 16.6. The standard InChI is InChI=1S/C42H55N3O6S2/c1-4-41(15-5-6-16-41)21-31-30-11-10-29-28-13-17-42(36(29)35(30)39(48)50-31)32-12-9-24(2)38(44-22-25(3)47)53-52-23-45-33-20-26(14-18-43-33)27(8-7-19-46)34(28)37(42)40(49)51-32/h12,14,18,20-21,24-25,27-29,36,38,44,46-47H,4-11,13,15-17,19,22-23H2,1-3H3,(H,43,45). The number of anilines is 1. The van der Waals surface area contributed by atoms with Crippen molar-refractivity contribution in [3.8, 4) is 0 Å². The molecule has 53 heavy (non-hydrogen) atoms. The van der Waals surface area contributed by atoms with Crippen LogP contribution in [0.2, 0.25) is 0 Å². The minimum absolute atomic E-state index is 0.0290. The summed E-state index contributed by atoms with van der Waals surface area (Å²) >= 11 is 0. The molecule has 8 atom stereocenters. The Kier molecular flexibility index (Phi) is 10.7. The molecule has 0 aromatic carbocycles. The van der Waals surface area contributed by atoms with Gasteiger partial charge >= 0.3 is 11.9 Å². The Labute approximate surface area is 321 Å². The highest BCUT2D eigenvalue weighted by atomic mass is 33.1. The van der Waals surface area contributed by atoms with E-state index in [1.165, 1.54) is 12.8 Å². The van der Waals surface area contributed by atoms with Gasteiger partial charge in [-0.1, -0.05) is 48.3 Å². The van der Waals surface area contributed by atoms with E-state index in [-0.39, 0.29) is 58.9 Å². The van der Waals surface area contributed by atoms with E-state index < -0.39 is 11.5 Å². The van der Waals surface area contributed by atoms with Gasteiger partial charge in [0.25, 0.3) is 0 Å². The van der Waals surface area contributed by atoms with Crippen molar-refractivity contribution in [2.45, 2.75) is 115 Å². The van der Waals surface area contributed by atoms with E-state index in [0.717, 1.165) is 84.4 Å². The molecule has 1 spiro atoms. The van der Waals surface area contributed by atoms with Crippen molar-refractivity contribution in [1.82, 2.24) is 10.3 Å². The SMILES string of the molecule is CCC1(C=C2OC(=O)C3=C2CCC2C4CCC5(C6=CCC(C)C(NCC(C)O)SSCNc7cc(ccn7)C(CCCO)C4=C5C(=O)O6)C32)CCCC1. The molecule has 1 aromatic heterocycles. The van der Waals surface area contributed by atoms with E-state index >= 15 is 0 Å². The van der Waals surface area contributed by atoms with E-state index in [4.69, 9.17) is 9.47 Å². The van der Waals surface area contributed by atoms with Crippen molar-refractivity contribution in [3.05, 3.63) is 69.9 Å². The smallest absolute Gasteiger partial charge is 0.340 e. The van der Waals surface area contributed by atoms with Crippen molar-refractivity contribution in [1.29, 1.82) is 0 Å². The summed E-state index contributed by atoms with van der Waals surface area (Å²) in [5.41, 5.74) is 4.15. The van der Waals surface area contributed by atoms with Crippen molar-refractivity contribution in [2.24, 2.45) is 34.5 Å². The number of carbonyl (C=O) groups is 2. The van der Waals surface area contributed by atoms with Crippen molar-refractivity contribution in [2.75, 3.05) is 24.3 Å². The van der Waals surface area contributed by atoms with Crippen LogP contribution in [0.4, 0.5) is 5.82 Å². The van der Waals surface area contributed by atoms with Crippen LogP contribution in [0.15, 0.2) is 64.3 Å². The van der Waals surface area contributed by atoms with Crippen molar-refractivity contribution >= 4 is 39.3 Å². The molecule has 8 unspecified atom stereocenters. The van der Waals surface area contributed by atoms with Crippen LogP contribution in [0.5, 0.6) is 0 Å². The number of ether oxygens (including phenoxy) is 2. The normalized spacial score (nSPS) is 34.7. The van der Waals surface area contributed by atoms with E-state index in [2.05, 4.69) is 53.7 Å². The lowest BCUT2D eigenvalue weighted by molar-refractivity contribution is -0.135. The van der Waals surface area contributed by atoms with Gasteiger partial charge in [0.2, 0.25) is 0 Å². The maximum absolute atomic E-state index is 14.6. The third-order valence-corrected chi connectivity index (χ3v) is 16.3. The molecule has 0 amide bonds. The monoisotopic (exact) mass is 761 g/mol. The number of nitrogens with zero attached hydrogens (tertiary/aromatic N) is 1. The quantitative estimate of drug-likeness (QED) is 0.152. The van der Waals surface area contributed by atoms with Crippen LogP contribution in [0.1, 0.15) is 109 Å². The fourth-order valence-electron chi connectivity index (χ4n) is 11.1. The number of fused-ring (bicyclic) bond motifs is 3. The highest BCUT2D eigenvalue weighted by Crippen LogP contribution is 2.72. The third kappa shape index (κ3) is 6.54. The van der Waals surface area contributed by atoms with Gasteiger partial charge < -0.3 is 30.3 Å². The van der Waals surface area contributed by atoms with Gasteiger partial charge in [0.1, 0.15) is 17.3 Å². The number of carbonyl (C=O) groups excluding carboxylic acids is 2. The van der Waals surface area contributed by atoms with Gasteiger partial charge in [-0.05, 0) is 130 Å². The Hall–Kier alpha value is -2.57. The average Bonchev–Trinajstić information content (AvgIpc) is 3.84. The maximum Gasteiger partial charge on any atom is 0.340 e. The lowest BCUT2D eigenvalue weighted by Gasteiger charge is -2.57. The molecule has 11 heteroatoms. The molecule has 5 aliphatic carbocycles. The number of aromatic nitrogens is 1. The van der Waals surface area contributed by atoms with E-state index in [1.54, 1.807) is 28.5 Å². The van der Waals surface area contributed by atoms with Crippen LogP contribution < -0.4 is 10.6 Å². The van der Waals surface area contributed by atoms with Gasteiger partial charge in [0.15, 0.2) is 0 Å². The highest BCUT2D eigenvalue weighted by Gasteiger charge is 2.68.